The molecule has 0 saturated heterocycles. The molecule has 0 aliphatic carbocycles. The minimum absolute atomic E-state index is 0.363. The van der Waals surface area contributed by atoms with Crippen LogP contribution in [-0.4, -0.2) is 35.1 Å². The van der Waals surface area contributed by atoms with E-state index in [-0.39, 0.29) is 0 Å². The van der Waals surface area contributed by atoms with Crippen LogP contribution < -0.4 is 5.73 Å². The normalized spacial score (nSPS) is 13.5. The number of carbonyl (C=O) groups is 2. The number of hydrogen-bond acceptors (Lipinski definition) is 5. The standard InChI is InChI=1S/C4H6N2O.C4H4O4/c5-4-1-2-6-3-7-4;5-3(6)1-2-4(7)8/h1-2H,3,5H2;1-2H,(H,5,6)(H,7,8)/b;2-1-. The number of carboxylic acid groups (broad SMARTS) is 2. The molecule has 0 saturated carbocycles. The lowest BCUT2D eigenvalue weighted by atomic mass is 10.5. The molecule has 0 atom stereocenters. The maximum atomic E-state index is 9.55. The van der Waals surface area contributed by atoms with Gasteiger partial charge in [0.25, 0.3) is 0 Å². The zero-order valence-corrected chi connectivity index (χ0v) is 7.66. The minimum atomic E-state index is -1.26. The molecule has 7 heteroatoms. The van der Waals surface area contributed by atoms with E-state index in [0.29, 0.717) is 24.8 Å². The van der Waals surface area contributed by atoms with Crippen LogP contribution in [0.15, 0.2) is 29.1 Å². The van der Waals surface area contributed by atoms with Gasteiger partial charge in [-0.1, -0.05) is 0 Å². The number of carboxylic acids is 2. The molecule has 0 bridgehead atoms. The van der Waals surface area contributed by atoms with Crippen LogP contribution >= 0.6 is 0 Å². The number of allylic oxidation sites excluding steroid dienone is 1. The average molecular weight is 214 g/mol. The number of nitrogens with zero attached hydrogens (tertiary/aromatic N) is 1. The summed E-state index contributed by atoms with van der Waals surface area (Å²) in [5.74, 6) is -2.07. The van der Waals surface area contributed by atoms with Crippen molar-refractivity contribution < 1.29 is 24.5 Å². The molecule has 0 aromatic heterocycles. The number of nitrogens with two attached hydrogens (primary N) is 1. The average Bonchev–Trinajstić information content (AvgIpc) is 2.17. The van der Waals surface area contributed by atoms with Crippen molar-refractivity contribution in [1.82, 2.24) is 0 Å². The fourth-order valence-electron chi connectivity index (χ4n) is 0.472. The number of hydrogen-bond donors (Lipinski definition) is 3. The van der Waals surface area contributed by atoms with Crippen molar-refractivity contribution >= 4 is 18.2 Å². The smallest absolute Gasteiger partial charge is 0.328 e. The number of aliphatic imine (C=N–C) groups is 1. The van der Waals surface area contributed by atoms with E-state index in [0.717, 1.165) is 0 Å². The number of aliphatic carboxylic acids is 2. The fraction of sp³-hybridized carbons (Fsp3) is 0.125. The monoisotopic (exact) mass is 214 g/mol. The lowest BCUT2D eigenvalue weighted by Gasteiger charge is -2.02. The Morgan fingerprint density at radius 2 is 1.93 bits per heavy atom. The number of rotatable bonds is 2. The highest BCUT2D eigenvalue weighted by Gasteiger charge is 1.89. The van der Waals surface area contributed by atoms with Gasteiger partial charge < -0.3 is 20.7 Å². The van der Waals surface area contributed by atoms with E-state index in [4.69, 9.17) is 20.7 Å². The van der Waals surface area contributed by atoms with Crippen molar-refractivity contribution in [2.24, 2.45) is 10.7 Å². The van der Waals surface area contributed by atoms with Gasteiger partial charge >= 0.3 is 11.9 Å². The van der Waals surface area contributed by atoms with E-state index in [9.17, 15) is 9.59 Å². The van der Waals surface area contributed by atoms with Crippen LogP contribution in [0.5, 0.6) is 0 Å². The van der Waals surface area contributed by atoms with Crippen molar-refractivity contribution in [2.45, 2.75) is 0 Å². The Morgan fingerprint density at radius 3 is 2.13 bits per heavy atom. The highest BCUT2D eigenvalue weighted by molar-refractivity contribution is 5.89. The van der Waals surface area contributed by atoms with Crippen LogP contribution in [0.25, 0.3) is 0 Å². The first-order valence-corrected chi connectivity index (χ1v) is 3.74. The zero-order valence-electron chi connectivity index (χ0n) is 7.66. The second-order valence-corrected chi connectivity index (χ2v) is 2.18. The summed E-state index contributed by atoms with van der Waals surface area (Å²) in [6.45, 7) is 0.363. The molecule has 1 rings (SSSR count). The quantitative estimate of drug-likeness (QED) is 0.535. The van der Waals surface area contributed by atoms with Gasteiger partial charge in [0.1, 0.15) is 0 Å². The van der Waals surface area contributed by atoms with Gasteiger partial charge in [0.15, 0.2) is 12.6 Å². The Hall–Kier alpha value is -2.31. The van der Waals surface area contributed by atoms with Crippen LogP contribution in [0, 0.1) is 0 Å². The highest BCUT2D eigenvalue weighted by Crippen LogP contribution is 1.90. The Labute approximate surface area is 85.2 Å². The molecule has 7 nitrogen and oxygen atoms in total. The molecule has 4 N–H and O–H groups in total. The molecule has 0 radical (unpaired) electrons. The molecule has 0 amide bonds. The van der Waals surface area contributed by atoms with Crippen molar-refractivity contribution in [3.63, 3.8) is 0 Å². The maximum absolute atomic E-state index is 9.55. The first-order chi connectivity index (χ1) is 7.02. The van der Waals surface area contributed by atoms with Crippen molar-refractivity contribution in [3.05, 3.63) is 24.1 Å². The molecule has 0 unspecified atom stereocenters. The molecular weight excluding hydrogens is 204 g/mol. The van der Waals surface area contributed by atoms with Gasteiger partial charge in [0, 0.05) is 24.4 Å². The van der Waals surface area contributed by atoms with Gasteiger partial charge in [-0.2, -0.15) is 0 Å². The molecule has 0 aromatic carbocycles. The fourth-order valence-corrected chi connectivity index (χ4v) is 0.472. The van der Waals surface area contributed by atoms with E-state index in [1.807, 2.05) is 0 Å². The predicted molar refractivity (Wildman–Crippen MR) is 51.1 cm³/mol. The minimum Gasteiger partial charge on any atom is -0.478 e. The van der Waals surface area contributed by atoms with Gasteiger partial charge in [0.05, 0.1) is 0 Å². The lowest BCUT2D eigenvalue weighted by molar-refractivity contribution is -0.134. The van der Waals surface area contributed by atoms with Crippen LogP contribution in [0.1, 0.15) is 0 Å². The summed E-state index contributed by atoms with van der Waals surface area (Å²) in [5, 5.41) is 15.6. The molecule has 0 aromatic rings. The first kappa shape index (κ1) is 12.7. The summed E-state index contributed by atoms with van der Waals surface area (Å²) in [6.07, 6.45) is 4.35. The summed E-state index contributed by atoms with van der Waals surface area (Å²) in [6, 6.07) is 0. The Bertz CT molecular complexity index is 303. The molecule has 1 aliphatic rings. The van der Waals surface area contributed by atoms with Gasteiger partial charge in [-0.05, 0) is 0 Å². The van der Waals surface area contributed by atoms with Crippen molar-refractivity contribution in [2.75, 3.05) is 6.73 Å². The molecule has 82 valence electrons. The third kappa shape index (κ3) is 9.61. The Kier molecular flexibility index (Phi) is 6.03. The molecule has 1 heterocycles. The second kappa shape index (κ2) is 7.13. The maximum Gasteiger partial charge on any atom is 0.328 e. The van der Waals surface area contributed by atoms with Gasteiger partial charge in [-0.25, -0.2) is 9.59 Å². The van der Waals surface area contributed by atoms with Gasteiger partial charge in [-0.3, -0.25) is 4.99 Å². The van der Waals surface area contributed by atoms with Crippen LogP contribution in [-0.2, 0) is 14.3 Å². The summed E-state index contributed by atoms with van der Waals surface area (Å²) in [7, 11) is 0. The Balaban J connectivity index is 0.000000262. The van der Waals surface area contributed by atoms with E-state index in [1.165, 1.54) is 0 Å². The van der Waals surface area contributed by atoms with E-state index in [1.54, 1.807) is 12.3 Å². The van der Waals surface area contributed by atoms with Crippen LogP contribution in [0.3, 0.4) is 0 Å². The van der Waals surface area contributed by atoms with E-state index < -0.39 is 11.9 Å². The molecule has 1 aliphatic heterocycles. The SMILES string of the molecule is NC1=CC=NCO1.O=C(O)/C=C\C(=O)O. The summed E-state index contributed by atoms with van der Waals surface area (Å²) in [5.41, 5.74) is 5.18. The van der Waals surface area contributed by atoms with Crippen LogP contribution in [0.2, 0.25) is 0 Å². The third-order valence-corrected chi connectivity index (χ3v) is 1.02. The molecule has 0 fully saturated rings. The molecule has 0 spiro atoms. The largest absolute Gasteiger partial charge is 0.478 e. The van der Waals surface area contributed by atoms with E-state index in [2.05, 4.69) is 4.99 Å². The summed E-state index contributed by atoms with van der Waals surface area (Å²) >= 11 is 0. The topological polar surface area (TPSA) is 122 Å². The van der Waals surface area contributed by atoms with Crippen LogP contribution in [0.4, 0.5) is 0 Å². The van der Waals surface area contributed by atoms with Gasteiger partial charge in [0.2, 0.25) is 0 Å². The third-order valence-electron chi connectivity index (χ3n) is 1.02. The van der Waals surface area contributed by atoms with E-state index >= 15 is 0 Å². The highest BCUT2D eigenvalue weighted by atomic mass is 16.5. The number of ether oxygens (including phenoxy) is 1. The van der Waals surface area contributed by atoms with Crippen molar-refractivity contribution in [3.8, 4) is 0 Å². The Morgan fingerprint density at radius 1 is 1.40 bits per heavy atom. The van der Waals surface area contributed by atoms with Crippen molar-refractivity contribution in [1.29, 1.82) is 0 Å². The second-order valence-electron chi connectivity index (χ2n) is 2.18. The summed E-state index contributed by atoms with van der Waals surface area (Å²) < 4.78 is 4.72. The first-order valence-electron chi connectivity index (χ1n) is 3.74. The van der Waals surface area contributed by atoms with Gasteiger partial charge in [-0.15, -0.1) is 0 Å². The lowest BCUT2D eigenvalue weighted by Crippen LogP contribution is -2.06. The molecular formula is C8H10N2O5. The summed E-state index contributed by atoms with van der Waals surface area (Å²) in [4.78, 5) is 22.8. The predicted octanol–water partition coefficient (Wildman–Crippen LogP) is -0.443. The molecule has 15 heavy (non-hydrogen) atoms. The zero-order chi connectivity index (χ0) is 11.7.